The molecule has 0 amide bonds. The Balaban J connectivity index is 0.000000151. The Morgan fingerprint density at radius 1 is 0.239 bits per heavy atom. The van der Waals surface area contributed by atoms with Gasteiger partial charge < -0.3 is 28.4 Å². The van der Waals surface area contributed by atoms with Gasteiger partial charge in [-0.1, -0.05) is 230 Å². The van der Waals surface area contributed by atoms with E-state index in [1.807, 2.05) is 133 Å². The van der Waals surface area contributed by atoms with Gasteiger partial charge in [0.1, 0.15) is 12.1 Å². The van der Waals surface area contributed by atoms with Gasteiger partial charge in [0, 0.05) is 100.0 Å². The van der Waals surface area contributed by atoms with Crippen LogP contribution < -0.4 is 19.6 Å². The van der Waals surface area contributed by atoms with Gasteiger partial charge in [0.25, 0.3) is 0 Å². The standard InChI is InChI=1S/2C62H43N5/c1-62(2,3)47-25-21-41(22-26-47)46-34-57-55-32-42-23-27-53(65(49-15-7-5-8-16-49)51-19-11-13-40(29-51)39-63)30-44(42)36-59(55)67-60-37-45-31-54(28-24-43(45)33-56(60)58(35-46)61(57)67)66(50-17-9-6-10-18-50)52-20-12-14-48(38-52)64-4;1-62(2,3)48-26-22-40(23-27-48)47-34-55-53-32-41-24-28-51(65(49-16-6-4-7-17-49)57-20-12-10-14-43(57)38-63)30-45(41)36-59(53)67-60-37-46-31-52(29-25-42(46)33-54(60)56(35-47)61(55)67)66(50-18-8-5-9-19-50)58-21-13-11-15-44(58)39-64/h5-38H,1-3H3;4-37H,1-3H3. The fourth-order valence-electron chi connectivity index (χ4n) is 20.2. The van der Waals surface area contributed by atoms with Gasteiger partial charge in [0.15, 0.2) is 5.69 Å². The lowest BCUT2D eigenvalue weighted by Crippen LogP contribution is -2.11. The minimum absolute atomic E-state index is 0.0548. The van der Waals surface area contributed by atoms with Crippen molar-refractivity contribution in [3.63, 3.8) is 0 Å². The Hall–Kier alpha value is -17.8. The molecule has 0 aliphatic carbocycles. The monoisotopic (exact) mass is 1710 g/mol. The molecule has 0 aliphatic rings. The summed E-state index contributed by atoms with van der Waals surface area (Å²) in [6.45, 7) is 21.3. The molecule has 134 heavy (non-hydrogen) atoms. The van der Waals surface area contributed by atoms with Gasteiger partial charge in [0.2, 0.25) is 0 Å². The van der Waals surface area contributed by atoms with Crippen molar-refractivity contribution in [1.82, 2.24) is 8.80 Å². The molecule has 0 saturated carbocycles. The van der Waals surface area contributed by atoms with Crippen molar-refractivity contribution in [1.29, 1.82) is 15.8 Å². The van der Waals surface area contributed by atoms with Crippen LogP contribution in [-0.2, 0) is 10.8 Å². The van der Waals surface area contributed by atoms with Crippen LogP contribution in [0, 0.1) is 40.6 Å². The number of nitrogens with zero attached hydrogens (tertiary/aromatic N) is 10. The Labute approximate surface area is 776 Å². The zero-order valence-electron chi connectivity index (χ0n) is 74.7. The molecule has 0 unspecified atom stereocenters. The molecule has 0 bridgehead atoms. The molecule has 20 aromatic carbocycles. The summed E-state index contributed by atoms with van der Waals surface area (Å²) in [4.78, 5) is 12.6. The van der Waals surface area contributed by atoms with Gasteiger partial charge in [-0.3, -0.25) is 0 Å². The quantitative estimate of drug-likeness (QED) is 0.100. The molecule has 0 aliphatic heterocycles. The van der Waals surface area contributed by atoms with E-state index in [0.717, 1.165) is 133 Å². The molecule has 10 nitrogen and oxygen atoms in total. The summed E-state index contributed by atoms with van der Waals surface area (Å²) < 4.78 is 4.96. The number of aromatic nitrogens is 2. The molecule has 24 aromatic rings. The second-order valence-electron chi connectivity index (χ2n) is 37.0. The van der Waals surface area contributed by atoms with Crippen LogP contribution >= 0.6 is 0 Å². The number of nitriles is 3. The highest BCUT2D eigenvalue weighted by molar-refractivity contribution is 6.29. The zero-order chi connectivity index (χ0) is 90.8. The highest BCUT2D eigenvalue weighted by Gasteiger charge is 2.28. The Morgan fingerprint density at radius 3 is 0.866 bits per heavy atom. The average molecular weight is 1720 g/mol. The van der Waals surface area contributed by atoms with E-state index in [1.54, 1.807) is 0 Å². The van der Waals surface area contributed by atoms with Gasteiger partial charge in [-0.05, 0) is 312 Å². The van der Waals surface area contributed by atoms with E-state index in [0.29, 0.717) is 22.4 Å². The van der Waals surface area contributed by atoms with Crippen LogP contribution in [0.15, 0.2) is 413 Å². The molecule has 0 atom stereocenters. The van der Waals surface area contributed by atoms with Crippen molar-refractivity contribution < 1.29 is 0 Å². The fourth-order valence-corrected chi connectivity index (χ4v) is 20.2. The van der Waals surface area contributed by atoms with Crippen LogP contribution in [0.2, 0.25) is 0 Å². The van der Waals surface area contributed by atoms with Gasteiger partial charge in [-0.25, -0.2) is 4.85 Å². The lowest BCUT2D eigenvalue weighted by molar-refractivity contribution is 0.590. The summed E-state index contributed by atoms with van der Waals surface area (Å²) in [6, 6.07) is 153. The number of fused-ring (bicyclic) bond motifs is 16. The van der Waals surface area contributed by atoms with Crippen molar-refractivity contribution in [2.24, 2.45) is 0 Å². The molecule has 0 spiro atoms. The number of benzene rings is 20. The Morgan fingerprint density at radius 2 is 0.537 bits per heavy atom. The predicted molar refractivity (Wildman–Crippen MR) is 560 cm³/mol. The van der Waals surface area contributed by atoms with Gasteiger partial charge in [-0.15, -0.1) is 0 Å². The molecule has 4 heterocycles. The first-order valence-electron chi connectivity index (χ1n) is 45.4. The van der Waals surface area contributed by atoms with Crippen LogP contribution in [0.25, 0.3) is 146 Å². The zero-order valence-corrected chi connectivity index (χ0v) is 74.7. The predicted octanol–water partition coefficient (Wildman–Crippen LogP) is 34.3. The third-order valence-corrected chi connectivity index (χ3v) is 26.8. The lowest BCUT2D eigenvalue weighted by atomic mass is 9.86. The van der Waals surface area contributed by atoms with Gasteiger partial charge in [-0.2, -0.15) is 15.8 Å². The first-order chi connectivity index (χ1) is 65.5. The SMILES string of the molecule is CC(C)(C)c1ccc(-c2cc3c4cc5ccc(N(c6ccccc6)c6ccccc6C#N)cc5cc4n4c5cc6cc(N(c7ccccc7)c7ccccc7C#N)ccc6cc5c(c2)c34)cc1.[C-]#[N+]c1cccc(N(c2ccccc2)c2ccc3cc4c5cc(-c6ccc(C(C)(C)C)cc6)cc6c7cc8ccc(N(c9ccccc9)c9cccc(C#N)c9)cc8cc7n(c4cc3c2)c65)c1. The second-order valence-corrected chi connectivity index (χ2v) is 37.0. The third-order valence-electron chi connectivity index (χ3n) is 26.8. The number of hydrogen-bond donors (Lipinski definition) is 0. The van der Waals surface area contributed by atoms with E-state index >= 15 is 0 Å². The average Bonchev–Trinajstić information content (AvgIpc) is 1.53. The first-order valence-corrected chi connectivity index (χ1v) is 45.4. The molecule has 0 N–H and O–H groups in total. The van der Waals surface area contributed by atoms with Crippen molar-refractivity contribution >= 4 is 193 Å². The largest absolute Gasteiger partial charge is 0.312 e. The molecule has 0 fully saturated rings. The molecular formula is C124H86N10. The maximum absolute atomic E-state index is 10.2. The van der Waals surface area contributed by atoms with Crippen molar-refractivity contribution in [2.75, 3.05) is 19.6 Å². The normalized spacial score (nSPS) is 11.8. The van der Waals surface area contributed by atoms with E-state index in [4.69, 9.17) is 6.57 Å². The van der Waals surface area contributed by atoms with E-state index in [9.17, 15) is 15.8 Å². The van der Waals surface area contributed by atoms with Crippen molar-refractivity contribution in [3.8, 4) is 40.5 Å². The topological polar surface area (TPSA) is 97.5 Å². The van der Waals surface area contributed by atoms with Crippen LogP contribution in [0.5, 0.6) is 0 Å². The Kier molecular flexibility index (Phi) is 19.4. The molecule has 0 radical (unpaired) electrons. The smallest absolute Gasteiger partial charge is 0.189 e. The highest BCUT2D eigenvalue weighted by Crippen LogP contribution is 2.51. The van der Waals surface area contributed by atoms with Crippen LogP contribution in [-0.4, -0.2) is 8.80 Å². The second kappa shape index (κ2) is 32.1. The lowest BCUT2D eigenvalue weighted by Gasteiger charge is -2.26. The summed E-state index contributed by atoms with van der Waals surface area (Å²) in [5, 5.41) is 49.1. The summed E-state index contributed by atoms with van der Waals surface area (Å²) in [7, 11) is 0. The number of para-hydroxylation sites is 6. The number of anilines is 12. The molecule has 10 heteroatoms. The summed E-state index contributed by atoms with van der Waals surface area (Å²) in [5.74, 6) is 0. The van der Waals surface area contributed by atoms with Crippen LogP contribution in [0.3, 0.4) is 0 Å². The Bertz CT molecular complexity index is 8550. The summed E-state index contributed by atoms with van der Waals surface area (Å²) in [6.07, 6.45) is 0. The third kappa shape index (κ3) is 13.9. The molecule has 24 rings (SSSR count). The molecule has 0 saturated heterocycles. The van der Waals surface area contributed by atoms with Crippen LogP contribution in [0.4, 0.5) is 73.9 Å². The van der Waals surface area contributed by atoms with E-state index in [2.05, 4.69) is 372 Å². The van der Waals surface area contributed by atoms with E-state index < -0.39 is 0 Å². The van der Waals surface area contributed by atoms with E-state index in [-0.39, 0.29) is 10.8 Å². The molecular weight excluding hydrogens is 1630 g/mol. The maximum atomic E-state index is 10.2. The summed E-state index contributed by atoms with van der Waals surface area (Å²) in [5.41, 5.74) is 28.4. The van der Waals surface area contributed by atoms with E-state index in [1.165, 1.54) is 87.5 Å². The first kappa shape index (κ1) is 80.7. The number of rotatable bonds is 14. The van der Waals surface area contributed by atoms with Crippen LogP contribution in [0.1, 0.15) is 69.4 Å². The molecule has 632 valence electrons. The maximum Gasteiger partial charge on any atom is 0.189 e. The number of hydrogen-bond acceptors (Lipinski definition) is 7. The highest BCUT2D eigenvalue weighted by atomic mass is 15.2. The minimum Gasteiger partial charge on any atom is -0.312 e. The van der Waals surface area contributed by atoms with Gasteiger partial charge >= 0.3 is 0 Å². The fraction of sp³-hybridized carbons (Fsp3) is 0.0645. The minimum atomic E-state index is 0.0548. The van der Waals surface area contributed by atoms with Crippen molar-refractivity contribution in [2.45, 2.75) is 52.4 Å². The summed E-state index contributed by atoms with van der Waals surface area (Å²) >= 11 is 0. The van der Waals surface area contributed by atoms with Crippen molar-refractivity contribution in [3.05, 3.63) is 452 Å². The molecule has 4 aromatic heterocycles. The van der Waals surface area contributed by atoms with Gasteiger partial charge in [0.05, 0.1) is 73.8 Å².